The molecule has 1 heterocycles. The van der Waals surface area contributed by atoms with E-state index in [4.69, 9.17) is 0 Å². The van der Waals surface area contributed by atoms with Crippen molar-refractivity contribution in [1.82, 2.24) is 10.3 Å². The molecule has 0 saturated heterocycles. The average Bonchev–Trinajstić information content (AvgIpc) is 2.87. The molecule has 4 rings (SSSR count). The standard InChI is InChI=1S/C29H27N3O2/c1-22-8-5-6-13-27(22)29(34)32(21-24-9-3-2-4-10-24)26-12-7-11-25(18-26)19-28(33)31-20-23-14-16-30-17-15-23/h2-18H,19-21H2,1H3,(H,31,33). The van der Waals surface area contributed by atoms with Gasteiger partial charge in [0.1, 0.15) is 0 Å². The van der Waals surface area contributed by atoms with E-state index in [1.807, 2.05) is 97.9 Å². The lowest BCUT2D eigenvalue weighted by molar-refractivity contribution is -0.120. The van der Waals surface area contributed by atoms with Crippen molar-refractivity contribution < 1.29 is 9.59 Å². The molecule has 34 heavy (non-hydrogen) atoms. The Morgan fingerprint density at radius 2 is 1.50 bits per heavy atom. The Labute approximate surface area is 200 Å². The smallest absolute Gasteiger partial charge is 0.258 e. The van der Waals surface area contributed by atoms with Gasteiger partial charge in [-0.25, -0.2) is 0 Å². The van der Waals surface area contributed by atoms with E-state index in [2.05, 4.69) is 10.3 Å². The van der Waals surface area contributed by atoms with Gasteiger partial charge >= 0.3 is 0 Å². The number of nitrogens with zero attached hydrogens (tertiary/aromatic N) is 2. The lowest BCUT2D eigenvalue weighted by atomic mass is 10.1. The van der Waals surface area contributed by atoms with E-state index in [0.29, 0.717) is 18.7 Å². The fourth-order valence-electron chi connectivity index (χ4n) is 3.79. The SMILES string of the molecule is Cc1ccccc1C(=O)N(Cc1ccccc1)c1cccc(CC(=O)NCc2ccncc2)c1. The Kier molecular flexibility index (Phi) is 7.45. The Hall–Kier alpha value is -4.25. The number of benzene rings is 3. The predicted octanol–water partition coefficient (Wildman–Crippen LogP) is 5.10. The van der Waals surface area contributed by atoms with Crippen LogP contribution in [0, 0.1) is 6.92 Å². The number of nitrogens with one attached hydrogen (secondary N) is 1. The van der Waals surface area contributed by atoms with E-state index in [1.54, 1.807) is 17.3 Å². The molecule has 170 valence electrons. The molecule has 0 fully saturated rings. The van der Waals surface area contributed by atoms with E-state index in [-0.39, 0.29) is 18.2 Å². The minimum Gasteiger partial charge on any atom is -0.352 e. The van der Waals surface area contributed by atoms with E-state index >= 15 is 0 Å². The second-order valence-corrected chi connectivity index (χ2v) is 8.17. The molecule has 0 spiro atoms. The van der Waals surface area contributed by atoms with Crippen LogP contribution in [0.25, 0.3) is 0 Å². The number of hydrogen-bond donors (Lipinski definition) is 1. The summed E-state index contributed by atoms with van der Waals surface area (Å²) in [5.41, 5.74) is 5.23. The first-order valence-electron chi connectivity index (χ1n) is 11.3. The Morgan fingerprint density at radius 1 is 0.794 bits per heavy atom. The van der Waals surface area contributed by atoms with Crippen LogP contribution in [0.3, 0.4) is 0 Å². The highest BCUT2D eigenvalue weighted by Crippen LogP contribution is 2.23. The molecule has 2 amide bonds. The number of rotatable bonds is 8. The topological polar surface area (TPSA) is 62.3 Å². The first-order chi connectivity index (χ1) is 16.6. The average molecular weight is 450 g/mol. The summed E-state index contributed by atoms with van der Waals surface area (Å²) in [5.74, 6) is -0.143. The molecular formula is C29H27N3O2. The molecular weight excluding hydrogens is 422 g/mol. The fourth-order valence-corrected chi connectivity index (χ4v) is 3.79. The molecule has 0 atom stereocenters. The van der Waals surface area contributed by atoms with Crippen LogP contribution in [0.1, 0.15) is 32.6 Å². The van der Waals surface area contributed by atoms with E-state index in [0.717, 1.165) is 27.9 Å². The number of anilines is 1. The molecule has 5 nitrogen and oxygen atoms in total. The highest BCUT2D eigenvalue weighted by atomic mass is 16.2. The third-order valence-electron chi connectivity index (χ3n) is 5.63. The monoisotopic (exact) mass is 449 g/mol. The van der Waals surface area contributed by atoms with Crippen molar-refractivity contribution in [3.8, 4) is 0 Å². The van der Waals surface area contributed by atoms with Gasteiger partial charge in [0.25, 0.3) is 5.91 Å². The molecule has 1 N–H and O–H groups in total. The Bertz CT molecular complexity index is 1260. The zero-order valence-corrected chi connectivity index (χ0v) is 19.1. The number of carbonyl (C=O) groups is 2. The van der Waals surface area contributed by atoms with Crippen LogP contribution in [0.15, 0.2) is 103 Å². The highest BCUT2D eigenvalue weighted by Gasteiger charge is 2.20. The zero-order chi connectivity index (χ0) is 23.8. The largest absolute Gasteiger partial charge is 0.352 e. The van der Waals surface area contributed by atoms with Crippen LogP contribution in [-0.2, 0) is 24.3 Å². The molecule has 3 aromatic carbocycles. The summed E-state index contributed by atoms with van der Waals surface area (Å²) >= 11 is 0. The minimum absolute atomic E-state index is 0.0683. The van der Waals surface area contributed by atoms with Gasteiger partial charge in [0.05, 0.1) is 13.0 Å². The number of hydrogen-bond acceptors (Lipinski definition) is 3. The summed E-state index contributed by atoms with van der Waals surface area (Å²) in [6.45, 7) is 2.83. The van der Waals surface area contributed by atoms with E-state index < -0.39 is 0 Å². The van der Waals surface area contributed by atoms with Crippen LogP contribution >= 0.6 is 0 Å². The van der Waals surface area contributed by atoms with Crippen LogP contribution in [0.4, 0.5) is 5.69 Å². The summed E-state index contributed by atoms with van der Waals surface area (Å²) < 4.78 is 0. The van der Waals surface area contributed by atoms with Gasteiger partial charge in [-0.05, 0) is 59.5 Å². The van der Waals surface area contributed by atoms with Crippen LogP contribution in [-0.4, -0.2) is 16.8 Å². The van der Waals surface area contributed by atoms with Gasteiger partial charge in [0, 0.05) is 30.2 Å². The molecule has 0 saturated carbocycles. The fraction of sp³-hybridized carbons (Fsp3) is 0.138. The van der Waals surface area contributed by atoms with Crippen molar-refractivity contribution in [1.29, 1.82) is 0 Å². The number of aryl methyl sites for hydroxylation is 1. The number of carbonyl (C=O) groups excluding carboxylic acids is 2. The van der Waals surface area contributed by atoms with Gasteiger partial charge in [-0.3, -0.25) is 14.6 Å². The maximum Gasteiger partial charge on any atom is 0.258 e. The highest BCUT2D eigenvalue weighted by molar-refractivity contribution is 6.07. The van der Waals surface area contributed by atoms with Gasteiger partial charge < -0.3 is 10.2 Å². The van der Waals surface area contributed by atoms with Gasteiger partial charge in [0.2, 0.25) is 5.91 Å². The molecule has 4 aromatic rings. The van der Waals surface area contributed by atoms with Crippen molar-refractivity contribution in [2.45, 2.75) is 26.4 Å². The Balaban J connectivity index is 1.55. The minimum atomic E-state index is -0.0752. The molecule has 5 heteroatoms. The van der Waals surface area contributed by atoms with E-state index in [9.17, 15) is 9.59 Å². The third-order valence-corrected chi connectivity index (χ3v) is 5.63. The van der Waals surface area contributed by atoms with Crippen LogP contribution in [0.5, 0.6) is 0 Å². The summed E-state index contributed by atoms with van der Waals surface area (Å²) in [6.07, 6.45) is 3.64. The van der Waals surface area contributed by atoms with E-state index in [1.165, 1.54) is 0 Å². The summed E-state index contributed by atoms with van der Waals surface area (Å²) in [6, 6.07) is 28.9. The van der Waals surface area contributed by atoms with Crippen molar-refractivity contribution in [2.24, 2.45) is 0 Å². The van der Waals surface area contributed by atoms with Crippen LogP contribution in [0.2, 0.25) is 0 Å². The normalized spacial score (nSPS) is 10.5. The molecule has 0 aliphatic heterocycles. The molecule has 0 aliphatic rings. The van der Waals surface area contributed by atoms with Crippen LogP contribution < -0.4 is 10.2 Å². The van der Waals surface area contributed by atoms with Gasteiger partial charge in [-0.2, -0.15) is 0 Å². The molecule has 0 aliphatic carbocycles. The lowest BCUT2D eigenvalue weighted by Gasteiger charge is -2.24. The summed E-state index contributed by atoms with van der Waals surface area (Å²) in [4.78, 5) is 31.9. The number of pyridine rings is 1. The molecule has 1 aromatic heterocycles. The quantitative estimate of drug-likeness (QED) is 0.407. The van der Waals surface area contributed by atoms with Crippen molar-refractivity contribution in [3.63, 3.8) is 0 Å². The number of aromatic nitrogens is 1. The summed E-state index contributed by atoms with van der Waals surface area (Å²) in [5, 5.41) is 2.94. The maximum absolute atomic E-state index is 13.6. The maximum atomic E-state index is 13.6. The second kappa shape index (κ2) is 11.1. The van der Waals surface area contributed by atoms with Gasteiger partial charge in [-0.15, -0.1) is 0 Å². The van der Waals surface area contributed by atoms with Crippen molar-refractivity contribution >= 4 is 17.5 Å². The van der Waals surface area contributed by atoms with Gasteiger partial charge in [-0.1, -0.05) is 60.7 Å². The van der Waals surface area contributed by atoms with Gasteiger partial charge in [0.15, 0.2) is 0 Å². The molecule has 0 unspecified atom stereocenters. The summed E-state index contributed by atoms with van der Waals surface area (Å²) in [7, 11) is 0. The first-order valence-corrected chi connectivity index (χ1v) is 11.3. The second-order valence-electron chi connectivity index (χ2n) is 8.17. The van der Waals surface area contributed by atoms with Crippen molar-refractivity contribution in [2.75, 3.05) is 4.90 Å². The predicted molar refractivity (Wildman–Crippen MR) is 134 cm³/mol. The Morgan fingerprint density at radius 3 is 2.26 bits per heavy atom. The number of amides is 2. The zero-order valence-electron chi connectivity index (χ0n) is 19.1. The first kappa shape index (κ1) is 22.9. The lowest BCUT2D eigenvalue weighted by Crippen LogP contribution is -2.31. The third kappa shape index (κ3) is 5.95. The molecule has 0 radical (unpaired) electrons. The molecule has 0 bridgehead atoms. The van der Waals surface area contributed by atoms with Crippen molar-refractivity contribution in [3.05, 3.63) is 131 Å².